The minimum atomic E-state index is 1.20. The Kier molecular flexibility index (Phi) is 1.81. The number of hydrogen-bond acceptors (Lipinski definition) is 0. The minimum absolute atomic E-state index is 1.20. The molecule has 15 heavy (non-hydrogen) atoms. The molecule has 0 heteroatoms. The summed E-state index contributed by atoms with van der Waals surface area (Å²) in [6.07, 6.45) is 2.05. The molecule has 2 aromatic rings. The molecule has 0 atom stereocenters. The van der Waals surface area contributed by atoms with E-state index in [0.717, 1.165) is 0 Å². The van der Waals surface area contributed by atoms with Crippen LogP contribution in [0.2, 0.25) is 0 Å². The van der Waals surface area contributed by atoms with Gasteiger partial charge in [-0.25, -0.2) is 0 Å². The van der Waals surface area contributed by atoms with Gasteiger partial charge < -0.3 is 0 Å². The zero-order valence-corrected chi connectivity index (χ0v) is 8.27. The Morgan fingerprint density at radius 3 is 2.33 bits per heavy atom. The van der Waals surface area contributed by atoms with Crippen LogP contribution in [0.5, 0.6) is 0 Å². The fourth-order valence-electron chi connectivity index (χ4n) is 1.92. The Balaban J connectivity index is 2.16. The summed E-state index contributed by atoms with van der Waals surface area (Å²) in [5.74, 6) is 0. The highest BCUT2D eigenvalue weighted by Gasteiger charge is 2.10. The van der Waals surface area contributed by atoms with Crippen LogP contribution in [0.25, 0.3) is 11.6 Å². The molecule has 0 spiro atoms. The first-order chi connectivity index (χ1) is 7.45. The van der Waals surface area contributed by atoms with Crippen LogP contribution in [-0.4, -0.2) is 0 Å². The summed E-state index contributed by atoms with van der Waals surface area (Å²) in [6, 6.07) is 18.8. The summed E-state index contributed by atoms with van der Waals surface area (Å²) in [5, 5.41) is 0. The molecule has 70 valence electrons. The Hall–Kier alpha value is -2.04. The molecule has 1 aliphatic carbocycles. The average Bonchev–Trinajstić information content (AvgIpc) is 2.74. The Morgan fingerprint density at radius 1 is 0.733 bits per heavy atom. The largest absolute Gasteiger partial charge is 0.111 e. The Bertz CT molecular complexity index is 556. The van der Waals surface area contributed by atoms with Gasteiger partial charge in [-0.15, -0.1) is 5.73 Å². The van der Waals surface area contributed by atoms with E-state index in [1.807, 2.05) is 6.07 Å². The molecule has 0 fully saturated rings. The molecule has 0 saturated heterocycles. The van der Waals surface area contributed by atoms with Gasteiger partial charge in [0.2, 0.25) is 0 Å². The lowest BCUT2D eigenvalue weighted by Gasteiger charge is -2.04. The second kappa shape index (κ2) is 3.27. The van der Waals surface area contributed by atoms with Crippen molar-refractivity contribution in [2.45, 2.75) is 0 Å². The van der Waals surface area contributed by atoms with E-state index in [2.05, 4.69) is 60.3 Å². The van der Waals surface area contributed by atoms with E-state index >= 15 is 0 Å². The molecule has 0 N–H and O–H groups in total. The monoisotopic (exact) mass is 190 g/mol. The lowest BCUT2D eigenvalue weighted by Crippen LogP contribution is -1.85. The van der Waals surface area contributed by atoms with Crippen molar-refractivity contribution in [3.63, 3.8) is 0 Å². The quantitative estimate of drug-likeness (QED) is 0.513. The van der Waals surface area contributed by atoms with Crippen LogP contribution in [0.15, 0.2) is 60.3 Å². The summed E-state index contributed by atoms with van der Waals surface area (Å²) in [6.45, 7) is 0. The maximum Gasteiger partial charge on any atom is 0.0315 e. The molecular weight excluding hydrogens is 180 g/mol. The van der Waals surface area contributed by atoms with Gasteiger partial charge in [0.1, 0.15) is 0 Å². The van der Waals surface area contributed by atoms with Crippen LogP contribution in [0.1, 0.15) is 16.7 Å². The minimum Gasteiger partial charge on any atom is -0.111 e. The normalized spacial score (nSPS) is 12.4. The molecule has 0 bridgehead atoms. The second-order valence-electron chi connectivity index (χ2n) is 3.62. The molecule has 0 aliphatic heterocycles. The maximum atomic E-state index is 3.33. The van der Waals surface area contributed by atoms with E-state index in [1.165, 1.54) is 22.3 Å². The standard InChI is InChI=1S/C15H10/c1-2-6-12(7-3-1)15-11-10-13-8-4-5-9-14(13)15/h1-10H. The summed E-state index contributed by atoms with van der Waals surface area (Å²) in [5.41, 5.74) is 8.31. The van der Waals surface area contributed by atoms with E-state index in [-0.39, 0.29) is 0 Å². The zero-order chi connectivity index (χ0) is 10.1. The highest BCUT2D eigenvalue weighted by atomic mass is 14.1. The van der Waals surface area contributed by atoms with E-state index in [4.69, 9.17) is 0 Å². The number of benzene rings is 2. The van der Waals surface area contributed by atoms with Crippen molar-refractivity contribution in [1.29, 1.82) is 0 Å². The second-order valence-corrected chi connectivity index (χ2v) is 3.62. The lowest BCUT2D eigenvalue weighted by molar-refractivity contribution is 1.55. The van der Waals surface area contributed by atoms with Crippen LogP contribution in [0.3, 0.4) is 0 Å². The van der Waals surface area contributed by atoms with Crippen LogP contribution >= 0.6 is 0 Å². The zero-order valence-electron chi connectivity index (χ0n) is 8.27. The maximum absolute atomic E-state index is 3.33. The lowest BCUT2D eigenvalue weighted by atomic mass is 9.99. The van der Waals surface area contributed by atoms with Gasteiger partial charge >= 0.3 is 0 Å². The molecule has 0 heterocycles. The van der Waals surface area contributed by atoms with Crippen LogP contribution in [0.4, 0.5) is 0 Å². The van der Waals surface area contributed by atoms with Gasteiger partial charge in [-0.3, -0.25) is 0 Å². The van der Waals surface area contributed by atoms with E-state index in [1.54, 1.807) is 0 Å². The highest BCUT2D eigenvalue weighted by Crippen LogP contribution is 2.30. The van der Waals surface area contributed by atoms with Crippen LogP contribution < -0.4 is 0 Å². The predicted octanol–water partition coefficient (Wildman–Crippen LogP) is 3.74. The average molecular weight is 190 g/mol. The molecule has 0 saturated carbocycles. The summed E-state index contributed by atoms with van der Waals surface area (Å²) < 4.78 is 0. The molecule has 3 rings (SSSR count). The van der Waals surface area contributed by atoms with Gasteiger partial charge in [-0.1, -0.05) is 54.6 Å². The third kappa shape index (κ3) is 1.32. The summed E-state index contributed by atoms with van der Waals surface area (Å²) >= 11 is 0. The van der Waals surface area contributed by atoms with Gasteiger partial charge in [0.05, 0.1) is 0 Å². The summed E-state index contributed by atoms with van der Waals surface area (Å²) in [4.78, 5) is 0. The fraction of sp³-hybridized carbons (Fsp3) is 0. The number of fused-ring (bicyclic) bond motifs is 1. The molecule has 0 radical (unpaired) electrons. The SMILES string of the molecule is C1=Cc2ccccc2C=1c1ccccc1. The first-order valence-electron chi connectivity index (χ1n) is 5.07. The number of hydrogen-bond donors (Lipinski definition) is 0. The van der Waals surface area contributed by atoms with Crippen LogP contribution in [0, 0.1) is 0 Å². The molecular formula is C15H10. The molecule has 2 aromatic carbocycles. The van der Waals surface area contributed by atoms with E-state index in [0.29, 0.717) is 0 Å². The summed E-state index contributed by atoms with van der Waals surface area (Å²) in [7, 11) is 0. The highest BCUT2D eigenvalue weighted by molar-refractivity contribution is 5.89. The van der Waals surface area contributed by atoms with Gasteiger partial charge in [0, 0.05) is 5.57 Å². The van der Waals surface area contributed by atoms with Crippen molar-refractivity contribution in [1.82, 2.24) is 0 Å². The smallest absolute Gasteiger partial charge is 0.0315 e. The van der Waals surface area contributed by atoms with Crippen molar-refractivity contribution >= 4 is 11.6 Å². The number of rotatable bonds is 1. The van der Waals surface area contributed by atoms with Gasteiger partial charge in [0.25, 0.3) is 0 Å². The molecule has 0 nitrogen and oxygen atoms in total. The van der Waals surface area contributed by atoms with Crippen molar-refractivity contribution in [2.75, 3.05) is 0 Å². The van der Waals surface area contributed by atoms with Crippen molar-refractivity contribution in [2.24, 2.45) is 0 Å². The van der Waals surface area contributed by atoms with Gasteiger partial charge in [-0.2, -0.15) is 0 Å². The van der Waals surface area contributed by atoms with Gasteiger partial charge in [0.15, 0.2) is 0 Å². The first-order valence-corrected chi connectivity index (χ1v) is 5.07. The predicted molar refractivity (Wildman–Crippen MR) is 63.4 cm³/mol. The Morgan fingerprint density at radius 2 is 1.47 bits per heavy atom. The van der Waals surface area contributed by atoms with Crippen molar-refractivity contribution in [3.05, 3.63) is 77.0 Å². The van der Waals surface area contributed by atoms with E-state index in [9.17, 15) is 0 Å². The Labute approximate surface area is 89.2 Å². The molecule has 0 unspecified atom stereocenters. The van der Waals surface area contributed by atoms with Gasteiger partial charge in [-0.05, 0) is 22.8 Å². The molecule has 1 aliphatic rings. The van der Waals surface area contributed by atoms with E-state index < -0.39 is 0 Å². The molecule has 0 aromatic heterocycles. The van der Waals surface area contributed by atoms with Crippen molar-refractivity contribution < 1.29 is 0 Å². The fourth-order valence-corrected chi connectivity index (χ4v) is 1.92. The first kappa shape index (κ1) is 8.28. The third-order valence-corrected chi connectivity index (χ3v) is 2.66. The van der Waals surface area contributed by atoms with Crippen molar-refractivity contribution in [3.8, 4) is 0 Å². The third-order valence-electron chi connectivity index (χ3n) is 2.66. The van der Waals surface area contributed by atoms with Crippen LogP contribution in [-0.2, 0) is 0 Å². The topological polar surface area (TPSA) is 0 Å². The molecule has 0 amide bonds.